The van der Waals surface area contributed by atoms with E-state index in [0.29, 0.717) is 55.0 Å². The lowest BCUT2D eigenvalue weighted by atomic mass is 10.2. The van der Waals surface area contributed by atoms with Gasteiger partial charge in [-0.05, 0) is 47.1 Å². The molecule has 3 aromatic rings. The van der Waals surface area contributed by atoms with Crippen molar-refractivity contribution < 1.29 is 14.0 Å². The Balaban J connectivity index is 1.44. The third-order valence-corrected chi connectivity index (χ3v) is 5.87. The van der Waals surface area contributed by atoms with Gasteiger partial charge >= 0.3 is 0 Å². The van der Waals surface area contributed by atoms with Gasteiger partial charge in [-0.1, -0.05) is 0 Å². The Morgan fingerprint density at radius 1 is 0.944 bits per heavy atom. The first-order valence-corrected chi connectivity index (χ1v) is 12.5. The molecule has 0 saturated heterocycles. The number of hydrogen-bond acceptors (Lipinski definition) is 7. The highest BCUT2D eigenvalue weighted by molar-refractivity contribution is 5.78. The molecule has 36 heavy (non-hydrogen) atoms. The number of aromatic nitrogens is 5. The lowest BCUT2D eigenvalue weighted by molar-refractivity contribution is -0.132. The van der Waals surface area contributed by atoms with Gasteiger partial charge in [0.05, 0.1) is 25.7 Å². The van der Waals surface area contributed by atoms with Crippen LogP contribution in [-0.4, -0.2) is 71.7 Å². The molecule has 196 valence electrons. The van der Waals surface area contributed by atoms with Crippen molar-refractivity contribution in [2.24, 2.45) is 0 Å². The zero-order valence-corrected chi connectivity index (χ0v) is 21.7. The summed E-state index contributed by atoms with van der Waals surface area (Å²) in [6.45, 7) is 11.1. The number of imidazole rings is 2. The van der Waals surface area contributed by atoms with Crippen LogP contribution in [0.3, 0.4) is 0 Å². The molecule has 3 rings (SSSR count). The Kier molecular flexibility index (Phi) is 10.2. The number of nitrogens with zero attached hydrogens (tertiary/aromatic N) is 5. The summed E-state index contributed by atoms with van der Waals surface area (Å²) in [6, 6.07) is 1.01. The number of carbonyl (C=O) groups is 2. The van der Waals surface area contributed by atoms with Crippen LogP contribution >= 0.6 is 0 Å². The third kappa shape index (κ3) is 8.63. The van der Waals surface area contributed by atoms with E-state index in [0.717, 1.165) is 19.4 Å². The molecule has 0 bridgehead atoms. The van der Waals surface area contributed by atoms with Gasteiger partial charge in [0.1, 0.15) is 23.8 Å². The summed E-state index contributed by atoms with van der Waals surface area (Å²) in [5.74, 6) is 1.75. The van der Waals surface area contributed by atoms with E-state index in [1.807, 2.05) is 0 Å². The summed E-state index contributed by atoms with van der Waals surface area (Å²) in [4.78, 5) is 48.0. The Hall–Kier alpha value is -3.47. The first kappa shape index (κ1) is 27.1. The van der Waals surface area contributed by atoms with Gasteiger partial charge in [-0.3, -0.25) is 14.5 Å². The first-order chi connectivity index (χ1) is 17.3. The maximum atomic E-state index is 13.0. The standard InChI is InChI=1S/C25H38N8O3/c1-18(2)33(19(3)4)12-6-5-7-30-23(34)14-24-31-15-20(36-24)13-25(35)32(16-21-26-8-9-27-21)17-22-28-10-11-29-22/h8-11,15,18-19H,5-7,12-14,16-17H2,1-4H3,(H,26,27)(H,28,29)(H,30,34). The van der Waals surface area contributed by atoms with Crippen LogP contribution in [0.5, 0.6) is 0 Å². The molecule has 3 N–H and O–H groups in total. The van der Waals surface area contributed by atoms with Crippen LogP contribution in [0.15, 0.2) is 35.4 Å². The summed E-state index contributed by atoms with van der Waals surface area (Å²) in [5.41, 5.74) is 0. The maximum absolute atomic E-state index is 13.0. The molecule has 0 spiro atoms. The van der Waals surface area contributed by atoms with Gasteiger partial charge in [-0.15, -0.1) is 0 Å². The molecule has 0 fully saturated rings. The van der Waals surface area contributed by atoms with E-state index in [4.69, 9.17) is 4.42 Å². The predicted octanol–water partition coefficient (Wildman–Crippen LogP) is 2.45. The van der Waals surface area contributed by atoms with Crippen molar-refractivity contribution in [1.29, 1.82) is 0 Å². The van der Waals surface area contributed by atoms with E-state index in [9.17, 15) is 9.59 Å². The maximum Gasteiger partial charge on any atom is 0.231 e. The molecule has 3 aromatic heterocycles. The molecule has 0 aliphatic heterocycles. The van der Waals surface area contributed by atoms with Crippen LogP contribution in [0, 0.1) is 0 Å². The lowest BCUT2D eigenvalue weighted by Gasteiger charge is -2.30. The van der Waals surface area contributed by atoms with Gasteiger partial charge in [-0.2, -0.15) is 0 Å². The largest absolute Gasteiger partial charge is 0.445 e. The van der Waals surface area contributed by atoms with E-state index in [2.05, 4.69) is 62.8 Å². The van der Waals surface area contributed by atoms with Gasteiger partial charge < -0.3 is 24.6 Å². The molecule has 2 amide bonds. The van der Waals surface area contributed by atoms with Gasteiger partial charge in [-0.25, -0.2) is 15.0 Å². The Morgan fingerprint density at radius 2 is 1.58 bits per heavy atom. The fourth-order valence-electron chi connectivity index (χ4n) is 4.09. The predicted molar refractivity (Wildman–Crippen MR) is 135 cm³/mol. The van der Waals surface area contributed by atoms with Gasteiger partial charge in [0, 0.05) is 43.4 Å². The average Bonchev–Trinajstić information content (AvgIpc) is 3.59. The number of hydrogen-bond donors (Lipinski definition) is 3. The van der Waals surface area contributed by atoms with Crippen LogP contribution in [0.2, 0.25) is 0 Å². The van der Waals surface area contributed by atoms with Crippen LogP contribution < -0.4 is 5.32 Å². The molecule has 3 heterocycles. The quantitative estimate of drug-likeness (QED) is 0.274. The average molecular weight is 499 g/mol. The number of nitrogens with one attached hydrogen (secondary N) is 3. The Labute approximate surface area is 212 Å². The highest BCUT2D eigenvalue weighted by Crippen LogP contribution is 2.11. The van der Waals surface area contributed by atoms with Crippen molar-refractivity contribution in [2.75, 3.05) is 13.1 Å². The fraction of sp³-hybridized carbons (Fsp3) is 0.560. The highest BCUT2D eigenvalue weighted by atomic mass is 16.4. The van der Waals surface area contributed by atoms with Crippen molar-refractivity contribution in [3.05, 3.63) is 54.3 Å². The topological polar surface area (TPSA) is 136 Å². The zero-order valence-electron chi connectivity index (χ0n) is 21.7. The normalized spacial score (nSPS) is 11.5. The second-order valence-electron chi connectivity index (χ2n) is 9.38. The Morgan fingerprint density at radius 3 is 2.14 bits per heavy atom. The number of carbonyl (C=O) groups excluding carboxylic acids is 2. The summed E-state index contributed by atoms with van der Waals surface area (Å²) >= 11 is 0. The van der Waals surface area contributed by atoms with Crippen molar-refractivity contribution in [2.45, 2.75) is 78.6 Å². The summed E-state index contributed by atoms with van der Waals surface area (Å²) in [7, 11) is 0. The van der Waals surface area contributed by atoms with Crippen LogP contribution in [-0.2, 0) is 35.5 Å². The smallest absolute Gasteiger partial charge is 0.231 e. The van der Waals surface area contributed by atoms with E-state index in [1.165, 1.54) is 6.20 Å². The molecule has 11 nitrogen and oxygen atoms in total. The van der Waals surface area contributed by atoms with Crippen LogP contribution in [0.25, 0.3) is 0 Å². The van der Waals surface area contributed by atoms with Crippen LogP contribution in [0.4, 0.5) is 0 Å². The SMILES string of the molecule is CC(C)N(CCCCNC(=O)Cc1ncc(CC(=O)N(Cc2ncc[nH]2)Cc2ncc[nH]2)o1)C(C)C. The summed E-state index contributed by atoms with van der Waals surface area (Å²) in [6.07, 6.45) is 10.2. The number of rotatable bonds is 15. The number of H-pyrrole nitrogens is 2. The fourth-order valence-corrected chi connectivity index (χ4v) is 4.09. The summed E-state index contributed by atoms with van der Waals surface area (Å²) in [5, 5.41) is 2.93. The number of unbranched alkanes of at least 4 members (excludes halogenated alkanes) is 1. The third-order valence-electron chi connectivity index (χ3n) is 5.87. The molecule has 0 aliphatic rings. The minimum atomic E-state index is -0.160. The minimum absolute atomic E-state index is 0.0260. The molecule has 0 radical (unpaired) electrons. The summed E-state index contributed by atoms with van der Waals surface area (Å²) < 4.78 is 5.68. The van der Waals surface area contributed by atoms with E-state index in [-0.39, 0.29) is 24.7 Å². The van der Waals surface area contributed by atoms with Crippen molar-refractivity contribution in [3.8, 4) is 0 Å². The molecule has 0 atom stereocenters. The molecule has 0 aromatic carbocycles. The lowest BCUT2D eigenvalue weighted by Crippen LogP contribution is -2.38. The first-order valence-electron chi connectivity index (χ1n) is 12.5. The van der Waals surface area contributed by atoms with Crippen molar-refractivity contribution in [1.82, 2.24) is 40.0 Å². The van der Waals surface area contributed by atoms with Crippen LogP contribution in [0.1, 0.15) is 63.8 Å². The van der Waals surface area contributed by atoms with E-state index >= 15 is 0 Å². The number of aromatic amines is 2. The molecule has 0 saturated carbocycles. The van der Waals surface area contributed by atoms with E-state index in [1.54, 1.807) is 29.7 Å². The molecular formula is C25H38N8O3. The zero-order chi connectivity index (χ0) is 25.9. The molecule has 11 heteroatoms. The molecule has 0 unspecified atom stereocenters. The van der Waals surface area contributed by atoms with Crippen molar-refractivity contribution >= 4 is 11.8 Å². The van der Waals surface area contributed by atoms with Crippen molar-refractivity contribution in [3.63, 3.8) is 0 Å². The second kappa shape index (κ2) is 13.6. The molecular weight excluding hydrogens is 460 g/mol. The number of amides is 2. The Bertz CT molecular complexity index is 999. The monoisotopic (exact) mass is 498 g/mol. The molecule has 0 aliphatic carbocycles. The van der Waals surface area contributed by atoms with E-state index < -0.39 is 0 Å². The highest BCUT2D eigenvalue weighted by Gasteiger charge is 2.20. The second-order valence-corrected chi connectivity index (χ2v) is 9.38. The van der Waals surface area contributed by atoms with Gasteiger partial charge in [0.2, 0.25) is 17.7 Å². The minimum Gasteiger partial charge on any atom is -0.445 e. The van der Waals surface area contributed by atoms with Gasteiger partial charge in [0.15, 0.2) is 0 Å². The van der Waals surface area contributed by atoms with Gasteiger partial charge in [0.25, 0.3) is 0 Å². The number of oxazole rings is 1.